The summed E-state index contributed by atoms with van der Waals surface area (Å²) >= 11 is 0. The Hall–Kier alpha value is -1.35. The molecule has 0 aliphatic rings. The molecule has 0 atom stereocenters. The van der Waals surface area contributed by atoms with Crippen LogP contribution in [0.5, 0.6) is 0 Å². The van der Waals surface area contributed by atoms with Crippen molar-refractivity contribution < 1.29 is 4.79 Å². The number of aryl methyl sites for hydroxylation is 1. The number of benzene rings is 1. The van der Waals surface area contributed by atoms with E-state index in [2.05, 4.69) is 29.7 Å². The topological polar surface area (TPSA) is 41.1 Å². The number of nitrogens with one attached hydrogen (secondary N) is 2. The molecule has 1 amide bonds. The van der Waals surface area contributed by atoms with Crippen molar-refractivity contribution in [2.75, 3.05) is 6.54 Å². The molecule has 0 bridgehead atoms. The third kappa shape index (κ3) is 5.50. The van der Waals surface area contributed by atoms with Crippen molar-refractivity contribution in [2.24, 2.45) is 0 Å². The second-order valence-electron chi connectivity index (χ2n) is 4.58. The van der Waals surface area contributed by atoms with Crippen molar-refractivity contribution in [3.63, 3.8) is 0 Å². The first kappa shape index (κ1) is 13.7. The van der Waals surface area contributed by atoms with E-state index >= 15 is 0 Å². The molecule has 1 aromatic carbocycles. The summed E-state index contributed by atoms with van der Waals surface area (Å²) in [5.41, 5.74) is 2.57. The summed E-state index contributed by atoms with van der Waals surface area (Å²) in [7, 11) is 0. The van der Waals surface area contributed by atoms with Crippen LogP contribution in [0.3, 0.4) is 0 Å². The van der Waals surface area contributed by atoms with Crippen LogP contribution in [0.15, 0.2) is 24.3 Å². The Balaban J connectivity index is 2.21. The van der Waals surface area contributed by atoms with Crippen LogP contribution in [0.4, 0.5) is 0 Å². The Morgan fingerprint density at radius 2 is 2.00 bits per heavy atom. The fourth-order valence-corrected chi connectivity index (χ4v) is 1.63. The predicted molar refractivity (Wildman–Crippen MR) is 70.8 cm³/mol. The van der Waals surface area contributed by atoms with Gasteiger partial charge in [-0.15, -0.1) is 0 Å². The molecule has 2 N–H and O–H groups in total. The van der Waals surface area contributed by atoms with Gasteiger partial charge in [0.2, 0.25) is 5.91 Å². The van der Waals surface area contributed by atoms with Crippen LogP contribution in [0, 0.1) is 6.92 Å². The SMILES string of the molecule is Cc1ccccc1CNCCC(=O)NC(C)C. The van der Waals surface area contributed by atoms with Gasteiger partial charge in [0.1, 0.15) is 0 Å². The van der Waals surface area contributed by atoms with E-state index in [1.807, 2.05) is 26.0 Å². The fraction of sp³-hybridized carbons (Fsp3) is 0.500. The Morgan fingerprint density at radius 3 is 2.65 bits per heavy atom. The largest absolute Gasteiger partial charge is 0.354 e. The predicted octanol–water partition coefficient (Wildman–Crippen LogP) is 2.00. The zero-order valence-electron chi connectivity index (χ0n) is 10.9. The lowest BCUT2D eigenvalue weighted by Gasteiger charge is -2.09. The van der Waals surface area contributed by atoms with Gasteiger partial charge in [-0.25, -0.2) is 0 Å². The van der Waals surface area contributed by atoms with E-state index in [9.17, 15) is 4.79 Å². The van der Waals surface area contributed by atoms with Gasteiger partial charge in [-0.2, -0.15) is 0 Å². The zero-order valence-corrected chi connectivity index (χ0v) is 10.9. The van der Waals surface area contributed by atoms with Gasteiger partial charge in [-0.3, -0.25) is 4.79 Å². The molecule has 94 valence electrons. The van der Waals surface area contributed by atoms with E-state index in [0.29, 0.717) is 13.0 Å². The Bertz CT molecular complexity index is 361. The van der Waals surface area contributed by atoms with Crippen molar-refractivity contribution >= 4 is 5.91 Å². The summed E-state index contributed by atoms with van der Waals surface area (Å²) in [6.07, 6.45) is 0.532. The second kappa shape index (κ2) is 7.07. The monoisotopic (exact) mass is 234 g/mol. The number of carbonyl (C=O) groups excluding carboxylic acids is 1. The number of amides is 1. The second-order valence-corrected chi connectivity index (χ2v) is 4.58. The fourth-order valence-electron chi connectivity index (χ4n) is 1.63. The van der Waals surface area contributed by atoms with Gasteiger partial charge < -0.3 is 10.6 Å². The lowest BCUT2D eigenvalue weighted by Crippen LogP contribution is -2.32. The molecule has 0 aliphatic heterocycles. The van der Waals surface area contributed by atoms with Crippen LogP contribution in [-0.2, 0) is 11.3 Å². The molecule has 3 heteroatoms. The van der Waals surface area contributed by atoms with E-state index < -0.39 is 0 Å². The molecular formula is C14H22N2O. The van der Waals surface area contributed by atoms with E-state index in [1.165, 1.54) is 11.1 Å². The maximum absolute atomic E-state index is 11.4. The third-order valence-electron chi connectivity index (χ3n) is 2.56. The summed E-state index contributed by atoms with van der Waals surface area (Å²) in [4.78, 5) is 11.4. The van der Waals surface area contributed by atoms with E-state index in [0.717, 1.165) is 6.54 Å². The average Bonchev–Trinajstić information content (AvgIpc) is 2.25. The van der Waals surface area contributed by atoms with Crippen molar-refractivity contribution in [1.29, 1.82) is 0 Å². The number of rotatable bonds is 6. The molecule has 3 nitrogen and oxygen atoms in total. The molecule has 1 aromatic rings. The first-order valence-electron chi connectivity index (χ1n) is 6.14. The molecule has 0 heterocycles. The molecule has 0 saturated carbocycles. The number of hydrogen-bond donors (Lipinski definition) is 2. The number of hydrogen-bond acceptors (Lipinski definition) is 2. The lowest BCUT2D eigenvalue weighted by atomic mass is 10.1. The van der Waals surface area contributed by atoms with Crippen LogP contribution in [0.2, 0.25) is 0 Å². The molecule has 0 fully saturated rings. The molecular weight excluding hydrogens is 212 g/mol. The summed E-state index contributed by atoms with van der Waals surface area (Å²) < 4.78 is 0. The molecule has 0 aliphatic carbocycles. The maximum Gasteiger partial charge on any atom is 0.221 e. The quantitative estimate of drug-likeness (QED) is 0.739. The van der Waals surface area contributed by atoms with Gasteiger partial charge >= 0.3 is 0 Å². The van der Waals surface area contributed by atoms with Crippen LogP contribution in [0.1, 0.15) is 31.4 Å². The standard InChI is InChI=1S/C14H22N2O/c1-11(2)16-14(17)8-9-15-10-13-7-5-4-6-12(13)3/h4-7,11,15H,8-10H2,1-3H3,(H,16,17). The van der Waals surface area contributed by atoms with Gasteiger partial charge in [0.05, 0.1) is 0 Å². The molecule has 0 spiro atoms. The normalized spacial score (nSPS) is 10.6. The minimum atomic E-state index is 0.109. The summed E-state index contributed by atoms with van der Waals surface area (Å²) in [5.74, 6) is 0.109. The molecule has 1 rings (SSSR count). The highest BCUT2D eigenvalue weighted by molar-refractivity contribution is 5.76. The maximum atomic E-state index is 11.4. The first-order chi connectivity index (χ1) is 8.09. The van der Waals surface area contributed by atoms with Crippen LogP contribution >= 0.6 is 0 Å². The highest BCUT2D eigenvalue weighted by atomic mass is 16.1. The molecule has 17 heavy (non-hydrogen) atoms. The highest BCUT2D eigenvalue weighted by Gasteiger charge is 2.02. The summed E-state index contributed by atoms with van der Waals surface area (Å²) in [6, 6.07) is 8.50. The van der Waals surface area contributed by atoms with Gasteiger partial charge in [0, 0.05) is 25.6 Å². The van der Waals surface area contributed by atoms with E-state index in [4.69, 9.17) is 0 Å². The van der Waals surface area contributed by atoms with Crippen molar-refractivity contribution in [2.45, 2.75) is 39.8 Å². The van der Waals surface area contributed by atoms with Crippen LogP contribution < -0.4 is 10.6 Å². The van der Waals surface area contributed by atoms with Crippen molar-refractivity contribution in [3.8, 4) is 0 Å². The van der Waals surface area contributed by atoms with Gasteiger partial charge in [-0.1, -0.05) is 24.3 Å². The summed E-state index contributed by atoms with van der Waals surface area (Å²) in [5, 5.41) is 6.16. The Labute approximate surface area is 104 Å². The van der Waals surface area contributed by atoms with Crippen molar-refractivity contribution in [3.05, 3.63) is 35.4 Å². The third-order valence-corrected chi connectivity index (χ3v) is 2.56. The van der Waals surface area contributed by atoms with Gasteiger partial charge in [0.25, 0.3) is 0 Å². The lowest BCUT2D eigenvalue weighted by molar-refractivity contribution is -0.121. The highest BCUT2D eigenvalue weighted by Crippen LogP contribution is 2.05. The molecule has 0 aromatic heterocycles. The van der Waals surface area contributed by atoms with Gasteiger partial charge in [0.15, 0.2) is 0 Å². The number of carbonyl (C=O) groups is 1. The summed E-state index contributed by atoms with van der Waals surface area (Å²) in [6.45, 7) is 7.58. The average molecular weight is 234 g/mol. The Kier molecular flexibility index (Phi) is 5.70. The smallest absolute Gasteiger partial charge is 0.221 e. The molecule has 0 radical (unpaired) electrons. The Morgan fingerprint density at radius 1 is 1.29 bits per heavy atom. The van der Waals surface area contributed by atoms with Crippen LogP contribution in [0.25, 0.3) is 0 Å². The molecule has 0 saturated heterocycles. The zero-order chi connectivity index (χ0) is 12.7. The molecule has 0 unspecified atom stereocenters. The van der Waals surface area contributed by atoms with E-state index in [-0.39, 0.29) is 11.9 Å². The van der Waals surface area contributed by atoms with Crippen LogP contribution in [-0.4, -0.2) is 18.5 Å². The van der Waals surface area contributed by atoms with Gasteiger partial charge in [-0.05, 0) is 31.9 Å². The van der Waals surface area contributed by atoms with E-state index in [1.54, 1.807) is 0 Å². The first-order valence-corrected chi connectivity index (χ1v) is 6.14. The van der Waals surface area contributed by atoms with Crippen molar-refractivity contribution in [1.82, 2.24) is 10.6 Å². The minimum absolute atomic E-state index is 0.109. The minimum Gasteiger partial charge on any atom is -0.354 e.